The number of carbonyl (C=O) groups is 4. The normalized spacial score (nSPS) is 26.5. The number of hydrogen-bond donors (Lipinski definition) is 4. The van der Waals surface area contributed by atoms with Crippen LogP contribution in [0.5, 0.6) is 11.5 Å². The van der Waals surface area contributed by atoms with E-state index in [1.54, 1.807) is 18.9 Å². The van der Waals surface area contributed by atoms with E-state index in [1.807, 2.05) is 12.1 Å². The number of piperazine rings is 1. The fraction of sp³-hybridized carbons (Fsp3) is 0.629. The van der Waals surface area contributed by atoms with Crippen LogP contribution in [0.2, 0.25) is 0 Å². The van der Waals surface area contributed by atoms with Crippen molar-refractivity contribution in [2.45, 2.75) is 75.6 Å². The molecule has 2 saturated heterocycles. The van der Waals surface area contributed by atoms with Crippen LogP contribution in [0.4, 0.5) is 9.59 Å². The number of amides is 4. The summed E-state index contributed by atoms with van der Waals surface area (Å²) in [6.07, 6.45) is 3.64. The van der Waals surface area contributed by atoms with Crippen LogP contribution in [0.1, 0.15) is 50.7 Å². The Morgan fingerprint density at radius 2 is 1.96 bits per heavy atom. The van der Waals surface area contributed by atoms with E-state index in [4.69, 9.17) is 30.4 Å². The molecule has 6 N–H and O–H groups in total. The second kappa shape index (κ2) is 14.9. The first-order valence-corrected chi connectivity index (χ1v) is 17.8. The summed E-state index contributed by atoms with van der Waals surface area (Å²) in [6, 6.07) is 2.93. The average Bonchev–Trinajstić information content (AvgIpc) is 3.46. The number of hydrogen-bond acceptors (Lipinski definition) is 10. The van der Waals surface area contributed by atoms with Gasteiger partial charge in [0.25, 0.3) is 0 Å². The molecule has 3 heterocycles. The van der Waals surface area contributed by atoms with Gasteiger partial charge in [-0.15, -0.1) is 0 Å². The quantitative estimate of drug-likeness (QED) is 0.144. The lowest BCUT2D eigenvalue weighted by Gasteiger charge is -2.56. The lowest BCUT2D eigenvalue weighted by molar-refractivity contribution is -0.128. The van der Waals surface area contributed by atoms with Crippen molar-refractivity contribution in [1.29, 1.82) is 0 Å². The molecule has 6 rings (SSSR count). The number of likely N-dealkylation sites (N-methyl/N-ethyl adjacent to an activating group) is 1. The Kier molecular flexibility index (Phi) is 10.5. The molecule has 2 aliphatic carbocycles. The van der Waals surface area contributed by atoms with Crippen LogP contribution >= 0.6 is 0 Å². The van der Waals surface area contributed by atoms with E-state index < -0.39 is 36.3 Å². The Labute approximate surface area is 297 Å². The number of ether oxygens (including phenoxy) is 4. The molecule has 16 nitrogen and oxygen atoms in total. The van der Waals surface area contributed by atoms with Gasteiger partial charge in [-0.3, -0.25) is 19.5 Å². The average molecular weight is 711 g/mol. The van der Waals surface area contributed by atoms with Gasteiger partial charge in [-0.1, -0.05) is 6.07 Å². The molecule has 16 heteroatoms. The lowest BCUT2D eigenvalue weighted by atomic mass is 9.53. The zero-order valence-electron chi connectivity index (χ0n) is 29.8. The minimum Gasteiger partial charge on any atom is -0.493 e. The third-order valence-electron chi connectivity index (χ3n) is 11.0. The van der Waals surface area contributed by atoms with Crippen molar-refractivity contribution in [3.63, 3.8) is 0 Å². The maximum absolute atomic E-state index is 14.1. The number of likely N-dealkylation sites (tertiary alicyclic amines) is 1. The van der Waals surface area contributed by atoms with Crippen molar-refractivity contribution in [2.24, 2.45) is 22.4 Å². The smallest absolute Gasteiger partial charge is 0.415 e. The van der Waals surface area contributed by atoms with E-state index in [-0.39, 0.29) is 62.4 Å². The topological polar surface area (TPSA) is 203 Å². The summed E-state index contributed by atoms with van der Waals surface area (Å²) in [5.41, 5.74) is 12.9. The molecular weight excluding hydrogens is 660 g/mol. The van der Waals surface area contributed by atoms with Crippen LogP contribution in [-0.2, 0) is 30.9 Å². The van der Waals surface area contributed by atoms with Crippen LogP contribution in [0.25, 0.3) is 0 Å². The second-order valence-electron chi connectivity index (χ2n) is 13.9. The van der Waals surface area contributed by atoms with E-state index in [2.05, 4.69) is 33.6 Å². The highest BCUT2D eigenvalue weighted by molar-refractivity contribution is 5.87. The summed E-state index contributed by atoms with van der Waals surface area (Å²) in [7, 11) is 3.81. The largest absolute Gasteiger partial charge is 0.493 e. The van der Waals surface area contributed by atoms with Crippen molar-refractivity contribution >= 4 is 30.0 Å². The van der Waals surface area contributed by atoms with Gasteiger partial charge in [0.1, 0.15) is 11.8 Å². The molecule has 1 aromatic carbocycles. The van der Waals surface area contributed by atoms with Crippen molar-refractivity contribution < 1.29 is 38.1 Å². The number of aliphatic imine (C=N–C) groups is 1. The number of nitrogens with zero attached hydrogens (tertiary/aromatic N) is 4. The van der Waals surface area contributed by atoms with Crippen LogP contribution in [0.15, 0.2) is 29.0 Å². The van der Waals surface area contributed by atoms with Gasteiger partial charge in [-0.2, -0.15) is 0 Å². The fourth-order valence-electron chi connectivity index (χ4n) is 8.73. The molecule has 3 aliphatic heterocycles. The Morgan fingerprint density at radius 3 is 2.69 bits per heavy atom. The number of rotatable bonds is 11. The lowest BCUT2D eigenvalue weighted by Crippen LogP contribution is -2.64. The van der Waals surface area contributed by atoms with E-state index in [1.165, 1.54) is 23.0 Å². The van der Waals surface area contributed by atoms with E-state index in [0.717, 1.165) is 31.6 Å². The molecule has 2 fully saturated rings. The summed E-state index contributed by atoms with van der Waals surface area (Å²) >= 11 is 0. The summed E-state index contributed by atoms with van der Waals surface area (Å²) in [4.78, 5) is 61.6. The number of piperidine rings is 1. The molecule has 0 aromatic heterocycles. The maximum atomic E-state index is 14.1. The number of guanidine groups is 1. The zero-order chi connectivity index (χ0) is 36.4. The fourth-order valence-corrected chi connectivity index (χ4v) is 8.73. The summed E-state index contributed by atoms with van der Waals surface area (Å²) in [5, 5.41) is 5.55. The summed E-state index contributed by atoms with van der Waals surface area (Å²) < 4.78 is 24.0. The number of carbonyl (C=O) groups excluding carboxylic acids is 4. The first-order chi connectivity index (χ1) is 24.5. The van der Waals surface area contributed by atoms with E-state index in [0.29, 0.717) is 30.5 Å². The molecular formula is C35H50N8O8. The monoisotopic (exact) mass is 710 g/mol. The first-order valence-electron chi connectivity index (χ1n) is 17.8. The molecule has 2 bridgehead atoms. The Bertz CT molecular complexity index is 1600. The van der Waals surface area contributed by atoms with Gasteiger partial charge in [0, 0.05) is 56.7 Å². The molecule has 0 saturated carbocycles. The van der Waals surface area contributed by atoms with Crippen LogP contribution in [0.3, 0.4) is 0 Å². The highest BCUT2D eigenvalue weighted by Crippen LogP contribution is 2.63. The van der Waals surface area contributed by atoms with Crippen molar-refractivity contribution in [3.05, 3.63) is 35.1 Å². The maximum Gasteiger partial charge on any atom is 0.415 e. The molecule has 278 valence electrons. The zero-order valence-corrected chi connectivity index (χ0v) is 29.8. The highest BCUT2D eigenvalue weighted by Gasteiger charge is 2.65. The Balaban J connectivity index is 1.20. The predicted octanol–water partition coefficient (Wildman–Crippen LogP) is 0.812. The van der Waals surface area contributed by atoms with Crippen LogP contribution in [-0.4, -0.2) is 129 Å². The number of methoxy groups -OCH3 is 1. The van der Waals surface area contributed by atoms with Crippen molar-refractivity contribution in [1.82, 2.24) is 25.3 Å². The molecule has 51 heavy (non-hydrogen) atoms. The molecule has 1 spiro atoms. The van der Waals surface area contributed by atoms with Gasteiger partial charge in [-0.25, -0.2) is 9.59 Å². The predicted molar refractivity (Wildman–Crippen MR) is 186 cm³/mol. The summed E-state index contributed by atoms with van der Waals surface area (Å²) in [5.74, 6) is 1.28. The third kappa shape index (κ3) is 6.85. The van der Waals surface area contributed by atoms with E-state index in [9.17, 15) is 19.2 Å². The molecule has 1 aromatic rings. The molecule has 0 radical (unpaired) electrons. The van der Waals surface area contributed by atoms with Gasteiger partial charge in [0.2, 0.25) is 11.8 Å². The molecule has 6 atom stereocenters. The minimum absolute atomic E-state index is 0.00116. The number of nitrogens with one attached hydrogen (secondary N) is 2. The second-order valence-corrected chi connectivity index (χ2v) is 13.9. The Morgan fingerprint density at radius 1 is 1.16 bits per heavy atom. The van der Waals surface area contributed by atoms with Gasteiger partial charge >= 0.3 is 12.2 Å². The number of nitrogens with two attached hydrogens (primary N) is 2. The molecule has 6 unspecified atom stereocenters. The number of allylic oxidation sites excluding steroid dienone is 1. The molecule has 4 amide bonds. The van der Waals surface area contributed by atoms with Crippen molar-refractivity contribution in [2.75, 3.05) is 60.0 Å². The van der Waals surface area contributed by atoms with Gasteiger partial charge in [0.15, 0.2) is 23.6 Å². The number of benzene rings is 1. The summed E-state index contributed by atoms with van der Waals surface area (Å²) in [6.45, 7) is 4.92. The van der Waals surface area contributed by atoms with Crippen LogP contribution < -0.4 is 31.6 Å². The van der Waals surface area contributed by atoms with Gasteiger partial charge in [0.05, 0.1) is 19.8 Å². The SMILES string of the molecule is CCOC(=O)N1CCN(C(=O)OC2=CCC3C4Cc5ccc(OC)c6c5C3(CCN4C)C2O6)C(CNC(=O)C(CCCN=C(N)N)NC(C)=O)C1. The Hall–Kier alpha value is -4.73. The molecule has 5 aliphatic rings. The highest BCUT2D eigenvalue weighted by atomic mass is 16.6. The minimum atomic E-state index is -0.849. The van der Waals surface area contributed by atoms with Gasteiger partial charge in [-0.05, 0) is 76.2 Å². The van der Waals surface area contributed by atoms with Crippen LogP contribution in [0, 0.1) is 5.92 Å². The third-order valence-corrected chi connectivity index (χ3v) is 11.0. The first kappa shape index (κ1) is 36.1. The van der Waals surface area contributed by atoms with Gasteiger partial charge < -0.3 is 50.8 Å². The van der Waals surface area contributed by atoms with E-state index >= 15 is 0 Å². The van der Waals surface area contributed by atoms with Crippen molar-refractivity contribution in [3.8, 4) is 11.5 Å². The standard InChI is InChI=1S/C35H50N8O8/c1-5-49-33(46)42-15-16-43(22(19-42)18-39-31(45)24(40-20(2)44)7-6-13-38-32(36)37)34(47)50-27-11-9-23-25-17-21-8-10-26(48-4)29-28(21)35(23,30(27)51-29)12-14-41(25)3/h8,10-11,22-25,30H,5-7,9,12-19H2,1-4H3,(H,39,45)(H,40,44)(H4,36,37,38).